The van der Waals surface area contributed by atoms with Crippen LogP contribution in [-0.4, -0.2) is 22.4 Å². The van der Waals surface area contributed by atoms with Crippen molar-refractivity contribution in [2.24, 2.45) is 11.8 Å². The first-order valence-electron chi connectivity index (χ1n) is 7.67. The first-order chi connectivity index (χ1) is 11.5. The van der Waals surface area contributed by atoms with E-state index >= 15 is 0 Å². The lowest BCUT2D eigenvalue weighted by Gasteiger charge is -2.22. The van der Waals surface area contributed by atoms with Gasteiger partial charge in [0.05, 0.1) is 17.2 Å². The molecule has 0 saturated heterocycles. The summed E-state index contributed by atoms with van der Waals surface area (Å²) in [6.45, 7) is 1.49. The second-order valence-corrected chi connectivity index (χ2v) is 6.40. The van der Waals surface area contributed by atoms with Crippen molar-refractivity contribution in [2.45, 2.75) is 38.0 Å². The number of benzene rings is 1. The molecule has 2 atom stereocenters. The molecule has 1 amide bonds. The van der Waals surface area contributed by atoms with E-state index in [0.29, 0.717) is 0 Å². The predicted octanol–water partition coefficient (Wildman–Crippen LogP) is 2.90. The van der Waals surface area contributed by atoms with E-state index in [9.17, 15) is 27.9 Å². The molecule has 25 heavy (non-hydrogen) atoms. The van der Waals surface area contributed by atoms with Gasteiger partial charge in [0, 0.05) is 12.1 Å². The highest BCUT2D eigenvalue weighted by Crippen LogP contribution is 2.41. The van der Waals surface area contributed by atoms with Gasteiger partial charge in [-0.2, -0.15) is 18.4 Å². The molecule has 0 heterocycles. The van der Waals surface area contributed by atoms with Crippen LogP contribution < -0.4 is 5.32 Å². The Morgan fingerprint density at radius 2 is 1.88 bits per heavy atom. The number of nitrogens with zero attached hydrogens (tertiary/aromatic N) is 1. The van der Waals surface area contributed by atoms with Gasteiger partial charge in [0.15, 0.2) is 11.7 Å². The molecule has 1 aromatic rings. The van der Waals surface area contributed by atoms with Crippen LogP contribution in [0.5, 0.6) is 0 Å². The van der Waals surface area contributed by atoms with E-state index in [1.165, 1.54) is 6.92 Å². The number of hydrogen-bond donors (Lipinski definition) is 2. The zero-order valence-corrected chi connectivity index (χ0v) is 13.4. The molecule has 0 aromatic heterocycles. The fourth-order valence-corrected chi connectivity index (χ4v) is 2.54. The molecular formula is C17H17F3N2O3. The standard InChI is InChI=1S/C17H17F3N2O3/c1-16(25,10-2-3-10)8-14(23)13(9-21)15(24)22-12-6-4-11(5-7-12)17(18,19)20/h4-7,10,13,25H,2-3,8H2,1H3,(H,22,24). The number of nitrogens with one attached hydrogen (secondary N) is 1. The predicted molar refractivity (Wildman–Crippen MR) is 82.1 cm³/mol. The average Bonchev–Trinajstić information content (AvgIpc) is 3.32. The Hall–Kier alpha value is -2.40. The van der Waals surface area contributed by atoms with Crippen LogP contribution in [0.15, 0.2) is 24.3 Å². The second kappa shape index (κ2) is 6.84. The molecule has 1 aliphatic carbocycles. The minimum atomic E-state index is -4.50. The summed E-state index contributed by atoms with van der Waals surface area (Å²) in [6.07, 6.45) is -3.25. The van der Waals surface area contributed by atoms with Crippen LogP contribution in [0.25, 0.3) is 0 Å². The van der Waals surface area contributed by atoms with Gasteiger partial charge in [-0.25, -0.2) is 0 Å². The first-order valence-corrected chi connectivity index (χ1v) is 7.67. The van der Waals surface area contributed by atoms with Crippen molar-refractivity contribution in [3.8, 4) is 6.07 Å². The summed E-state index contributed by atoms with van der Waals surface area (Å²) in [5.74, 6) is -3.30. The summed E-state index contributed by atoms with van der Waals surface area (Å²) in [7, 11) is 0. The number of carbonyl (C=O) groups is 2. The zero-order valence-electron chi connectivity index (χ0n) is 13.4. The average molecular weight is 354 g/mol. The van der Waals surface area contributed by atoms with Gasteiger partial charge in [-0.15, -0.1) is 0 Å². The molecule has 8 heteroatoms. The van der Waals surface area contributed by atoms with Crippen molar-refractivity contribution in [3.05, 3.63) is 29.8 Å². The van der Waals surface area contributed by atoms with Crippen LogP contribution >= 0.6 is 0 Å². The summed E-state index contributed by atoms with van der Waals surface area (Å²) in [4.78, 5) is 24.2. The smallest absolute Gasteiger partial charge is 0.389 e. The van der Waals surface area contributed by atoms with Crippen LogP contribution in [0, 0.1) is 23.2 Å². The van der Waals surface area contributed by atoms with Crippen molar-refractivity contribution in [1.29, 1.82) is 5.26 Å². The Labute approximate surface area is 142 Å². The third-order valence-electron chi connectivity index (χ3n) is 4.18. The number of alkyl halides is 3. The third kappa shape index (κ3) is 4.79. The van der Waals surface area contributed by atoms with Crippen molar-refractivity contribution >= 4 is 17.4 Å². The molecule has 1 aliphatic rings. The number of hydrogen-bond acceptors (Lipinski definition) is 4. The topological polar surface area (TPSA) is 90.2 Å². The van der Waals surface area contributed by atoms with E-state index in [0.717, 1.165) is 37.1 Å². The summed E-state index contributed by atoms with van der Waals surface area (Å²) in [6, 6.07) is 5.25. The lowest BCUT2D eigenvalue weighted by Crippen LogP contribution is -2.36. The van der Waals surface area contributed by atoms with E-state index in [1.54, 1.807) is 6.07 Å². The van der Waals surface area contributed by atoms with Crippen molar-refractivity contribution in [2.75, 3.05) is 5.32 Å². The summed E-state index contributed by atoms with van der Waals surface area (Å²) >= 11 is 0. The Morgan fingerprint density at radius 1 is 1.32 bits per heavy atom. The number of aliphatic hydroxyl groups is 1. The SMILES string of the molecule is CC(O)(CC(=O)C(C#N)C(=O)Nc1ccc(C(F)(F)F)cc1)C1CC1. The first kappa shape index (κ1) is 18.9. The molecule has 2 N–H and O–H groups in total. The molecule has 1 fully saturated rings. The fraction of sp³-hybridized carbons (Fsp3) is 0.471. The highest BCUT2D eigenvalue weighted by molar-refractivity contribution is 6.09. The molecule has 2 rings (SSSR count). The number of amides is 1. The maximum Gasteiger partial charge on any atom is 0.416 e. The van der Waals surface area contributed by atoms with E-state index in [-0.39, 0.29) is 18.0 Å². The number of halogens is 3. The number of nitriles is 1. The summed E-state index contributed by atoms with van der Waals surface area (Å²) in [5, 5.41) is 21.5. The number of carbonyl (C=O) groups excluding carboxylic acids is 2. The summed E-state index contributed by atoms with van der Waals surface area (Å²) < 4.78 is 37.5. The molecule has 134 valence electrons. The lowest BCUT2D eigenvalue weighted by molar-refractivity contribution is -0.137. The largest absolute Gasteiger partial charge is 0.416 e. The van der Waals surface area contributed by atoms with Crippen molar-refractivity contribution < 1.29 is 27.9 Å². The number of ketones is 1. The minimum absolute atomic E-state index is 0.0197. The molecular weight excluding hydrogens is 337 g/mol. The summed E-state index contributed by atoms with van der Waals surface area (Å²) in [5.41, 5.74) is -2.10. The number of rotatable bonds is 6. The number of Topliss-reactive ketones (excluding diaryl/α,β-unsaturated/α-hetero) is 1. The molecule has 0 spiro atoms. The molecule has 0 aliphatic heterocycles. The Bertz CT molecular complexity index is 701. The molecule has 5 nitrogen and oxygen atoms in total. The lowest BCUT2D eigenvalue weighted by atomic mass is 9.89. The van der Waals surface area contributed by atoms with Gasteiger partial charge >= 0.3 is 6.18 Å². The van der Waals surface area contributed by atoms with E-state index in [4.69, 9.17) is 5.26 Å². The highest BCUT2D eigenvalue weighted by Gasteiger charge is 2.43. The third-order valence-corrected chi connectivity index (χ3v) is 4.18. The quantitative estimate of drug-likeness (QED) is 0.769. The Morgan fingerprint density at radius 3 is 2.32 bits per heavy atom. The maximum absolute atomic E-state index is 12.5. The number of anilines is 1. The zero-order chi connectivity index (χ0) is 18.8. The van der Waals surface area contributed by atoms with Crippen LogP contribution in [0.4, 0.5) is 18.9 Å². The van der Waals surface area contributed by atoms with E-state index in [2.05, 4.69) is 5.32 Å². The van der Waals surface area contributed by atoms with E-state index < -0.39 is 34.9 Å². The fourth-order valence-electron chi connectivity index (χ4n) is 2.54. The Balaban J connectivity index is 2.02. The van der Waals surface area contributed by atoms with Gasteiger partial charge in [0.1, 0.15) is 0 Å². The van der Waals surface area contributed by atoms with Gasteiger partial charge < -0.3 is 10.4 Å². The van der Waals surface area contributed by atoms with Gasteiger partial charge in [-0.05, 0) is 49.9 Å². The van der Waals surface area contributed by atoms with Crippen LogP contribution in [-0.2, 0) is 15.8 Å². The van der Waals surface area contributed by atoms with Crippen LogP contribution in [0.2, 0.25) is 0 Å². The minimum Gasteiger partial charge on any atom is -0.389 e. The van der Waals surface area contributed by atoms with E-state index in [1.807, 2.05) is 0 Å². The normalized spacial score (nSPS) is 17.9. The van der Waals surface area contributed by atoms with Gasteiger partial charge in [-0.3, -0.25) is 9.59 Å². The second-order valence-electron chi connectivity index (χ2n) is 6.40. The highest BCUT2D eigenvalue weighted by atomic mass is 19.4. The van der Waals surface area contributed by atoms with Gasteiger partial charge in [0.2, 0.25) is 5.91 Å². The molecule has 0 bridgehead atoms. The molecule has 1 saturated carbocycles. The molecule has 2 unspecified atom stereocenters. The van der Waals surface area contributed by atoms with Crippen LogP contribution in [0.3, 0.4) is 0 Å². The van der Waals surface area contributed by atoms with Crippen LogP contribution in [0.1, 0.15) is 31.7 Å². The van der Waals surface area contributed by atoms with Crippen molar-refractivity contribution in [3.63, 3.8) is 0 Å². The van der Waals surface area contributed by atoms with Gasteiger partial charge in [-0.1, -0.05) is 0 Å². The molecule has 1 aromatic carbocycles. The van der Waals surface area contributed by atoms with Crippen molar-refractivity contribution in [1.82, 2.24) is 0 Å². The monoisotopic (exact) mass is 354 g/mol. The molecule has 0 radical (unpaired) electrons. The van der Waals surface area contributed by atoms with Gasteiger partial charge in [0.25, 0.3) is 0 Å². The maximum atomic E-state index is 12.5. The Kier molecular flexibility index (Phi) is 5.18.